The highest BCUT2D eigenvalue weighted by atomic mass is 16.5. The van der Waals surface area contributed by atoms with Crippen molar-refractivity contribution < 1.29 is 14.1 Å². The molecule has 6 nitrogen and oxygen atoms in total. The molecule has 2 aliphatic rings. The zero-order chi connectivity index (χ0) is 17.9. The molecule has 0 N–H and O–H groups in total. The highest BCUT2D eigenvalue weighted by molar-refractivity contribution is 5.76. The second-order valence-electron chi connectivity index (χ2n) is 7.33. The van der Waals surface area contributed by atoms with Crippen molar-refractivity contribution in [1.82, 2.24) is 15.0 Å². The van der Waals surface area contributed by atoms with Crippen molar-refractivity contribution in [2.24, 2.45) is 5.92 Å². The fourth-order valence-electron chi connectivity index (χ4n) is 4.51. The van der Waals surface area contributed by atoms with Crippen molar-refractivity contribution >= 4 is 5.97 Å². The van der Waals surface area contributed by atoms with Crippen LogP contribution < -0.4 is 0 Å². The van der Waals surface area contributed by atoms with Gasteiger partial charge in [0, 0.05) is 12.5 Å². The summed E-state index contributed by atoms with van der Waals surface area (Å²) in [4.78, 5) is 19.1. The molecule has 6 heteroatoms. The largest absolute Gasteiger partial charge is 0.468 e. The van der Waals surface area contributed by atoms with Gasteiger partial charge in [-0.3, -0.25) is 9.69 Å². The van der Waals surface area contributed by atoms with Gasteiger partial charge in [-0.15, -0.1) is 0 Å². The van der Waals surface area contributed by atoms with Crippen LogP contribution in [-0.2, 0) is 22.5 Å². The van der Waals surface area contributed by atoms with Gasteiger partial charge in [0.25, 0.3) is 0 Å². The van der Waals surface area contributed by atoms with E-state index in [9.17, 15) is 4.79 Å². The lowest BCUT2D eigenvalue weighted by Crippen LogP contribution is -2.42. The first-order valence-corrected chi connectivity index (χ1v) is 9.43. The van der Waals surface area contributed by atoms with E-state index in [0.717, 1.165) is 18.4 Å². The molecule has 0 amide bonds. The van der Waals surface area contributed by atoms with Crippen molar-refractivity contribution in [2.75, 3.05) is 7.11 Å². The molecule has 0 unspecified atom stereocenters. The van der Waals surface area contributed by atoms with Crippen molar-refractivity contribution in [3.8, 4) is 0 Å². The van der Waals surface area contributed by atoms with E-state index in [1.165, 1.54) is 26.4 Å². The van der Waals surface area contributed by atoms with Gasteiger partial charge >= 0.3 is 5.97 Å². The minimum absolute atomic E-state index is 0.150. The Morgan fingerprint density at radius 3 is 2.88 bits per heavy atom. The van der Waals surface area contributed by atoms with E-state index >= 15 is 0 Å². The number of hydrogen-bond acceptors (Lipinski definition) is 6. The van der Waals surface area contributed by atoms with E-state index in [4.69, 9.17) is 9.26 Å². The Hall–Kier alpha value is -2.21. The Morgan fingerprint density at radius 2 is 2.08 bits per heavy atom. The second-order valence-corrected chi connectivity index (χ2v) is 7.33. The summed E-state index contributed by atoms with van der Waals surface area (Å²) >= 11 is 0. The van der Waals surface area contributed by atoms with E-state index in [2.05, 4.69) is 27.2 Å². The molecule has 4 rings (SSSR count). The summed E-state index contributed by atoms with van der Waals surface area (Å²) in [6.07, 6.45) is 6.32. The fourth-order valence-corrected chi connectivity index (χ4v) is 4.51. The molecule has 1 aliphatic heterocycles. The van der Waals surface area contributed by atoms with Crippen LogP contribution in [-0.4, -0.2) is 40.2 Å². The van der Waals surface area contributed by atoms with Crippen LogP contribution >= 0.6 is 0 Å². The molecular weight excluding hydrogens is 330 g/mol. The highest BCUT2D eigenvalue weighted by Crippen LogP contribution is 2.40. The van der Waals surface area contributed by atoms with Gasteiger partial charge in [-0.05, 0) is 30.7 Å². The van der Waals surface area contributed by atoms with E-state index < -0.39 is 0 Å². The Balaban J connectivity index is 1.48. The molecule has 0 radical (unpaired) electrons. The van der Waals surface area contributed by atoms with E-state index in [-0.39, 0.29) is 12.0 Å². The van der Waals surface area contributed by atoms with E-state index in [1.54, 1.807) is 0 Å². The van der Waals surface area contributed by atoms with Crippen molar-refractivity contribution in [3.05, 3.63) is 47.6 Å². The summed E-state index contributed by atoms with van der Waals surface area (Å²) in [5, 5.41) is 4.12. The van der Waals surface area contributed by atoms with Gasteiger partial charge < -0.3 is 9.26 Å². The van der Waals surface area contributed by atoms with Crippen LogP contribution in [0.15, 0.2) is 34.9 Å². The maximum atomic E-state index is 12.3. The normalized spacial score (nSPS) is 25.8. The summed E-state index contributed by atoms with van der Waals surface area (Å²) < 4.78 is 10.5. The zero-order valence-electron chi connectivity index (χ0n) is 15.1. The predicted molar refractivity (Wildman–Crippen MR) is 95.3 cm³/mol. The third-order valence-electron chi connectivity index (χ3n) is 5.73. The van der Waals surface area contributed by atoms with Crippen LogP contribution in [0.3, 0.4) is 0 Å². The van der Waals surface area contributed by atoms with Crippen LogP contribution in [0, 0.1) is 5.92 Å². The number of carbonyl (C=O) groups excluding carboxylic acids is 1. The molecule has 2 aromatic rings. The maximum Gasteiger partial charge on any atom is 0.323 e. The lowest BCUT2D eigenvalue weighted by atomic mass is 9.85. The Labute approximate surface area is 153 Å². The third kappa shape index (κ3) is 3.51. The number of rotatable bonds is 5. The second kappa shape index (κ2) is 7.58. The number of fused-ring (bicyclic) bond motifs is 1. The van der Waals surface area contributed by atoms with Crippen LogP contribution in [0.1, 0.15) is 49.4 Å². The molecule has 26 heavy (non-hydrogen) atoms. The first-order valence-electron chi connectivity index (χ1n) is 9.43. The van der Waals surface area contributed by atoms with Gasteiger partial charge in [0.2, 0.25) is 5.89 Å². The Morgan fingerprint density at radius 1 is 1.27 bits per heavy atom. The fraction of sp³-hybridized carbons (Fsp3) is 0.550. The maximum absolute atomic E-state index is 12.3. The summed E-state index contributed by atoms with van der Waals surface area (Å²) in [6, 6.07) is 10.3. The number of aromatic nitrogens is 2. The summed E-state index contributed by atoms with van der Waals surface area (Å²) in [7, 11) is 1.47. The molecule has 0 spiro atoms. The monoisotopic (exact) mass is 355 g/mol. The molecule has 2 heterocycles. The molecule has 1 aromatic heterocycles. The molecule has 2 fully saturated rings. The van der Waals surface area contributed by atoms with Crippen LogP contribution in [0.2, 0.25) is 0 Å². The van der Waals surface area contributed by atoms with Gasteiger partial charge in [-0.25, -0.2) is 0 Å². The minimum Gasteiger partial charge on any atom is -0.468 e. The number of benzene rings is 1. The highest BCUT2D eigenvalue weighted by Gasteiger charge is 2.46. The molecule has 3 atom stereocenters. The average molecular weight is 355 g/mol. The van der Waals surface area contributed by atoms with Crippen LogP contribution in [0.25, 0.3) is 0 Å². The number of methoxy groups -OCH3 is 1. The van der Waals surface area contributed by atoms with Gasteiger partial charge in [-0.2, -0.15) is 4.98 Å². The van der Waals surface area contributed by atoms with E-state index in [0.29, 0.717) is 36.6 Å². The van der Waals surface area contributed by atoms with Crippen molar-refractivity contribution in [3.63, 3.8) is 0 Å². The first kappa shape index (κ1) is 17.2. The number of nitrogens with zero attached hydrogens (tertiary/aromatic N) is 3. The number of hydrogen-bond donors (Lipinski definition) is 0. The number of carbonyl (C=O) groups is 1. The quantitative estimate of drug-likeness (QED) is 0.768. The minimum atomic E-state index is -0.197. The smallest absolute Gasteiger partial charge is 0.323 e. The standard InChI is InChI=1S/C20H25N3O3/c1-25-20(24)17-12-15-9-5-6-10-16(15)23(17)13-19-21-18(22-26-19)11-14-7-3-2-4-8-14/h2-4,7-8,15-17H,5-6,9-13H2,1H3/t15-,16+,17+/m1/s1. The van der Waals surface area contributed by atoms with Crippen LogP contribution in [0.5, 0.6) is 0 Å². The lowest BCUT2D eigenvalue weighted by Gasteiger charge is -2.32. The molecular formula is C20H25N3O3. The van der Waals surface area contributed by atoms with Crippen molar-refractivity contribution in [1.29, 1.82) is 0 Å². The first-order chi connectivity index (χ1) is 12.7. The molecule has 1 aromatic carbocycles. The van der Waals surface area contributed by atoms with Gasteiger partial charge in [-0.1, -0.05) is 48.3 Å². The number of esters is 1. The molecule has 1 aliphatic carbocycles. The lowest BCUT2D eigenvalue weighted by molar-refractivity contribution is -0.146. The summed E-state index contributed by atoms with van der Waals surface area (Å²) in [5.74, 6) is 1.68. The Bertz CT molecular complexity index is 746. The summed E-state index contributed by atoms with van der Waals surface area (Å²) in [5.41, 5.74) is 1.15. The van der Waals surface area contributed by atoms with E-state index in [1.807, 2.05) is 18.2 Å². The SMILES string of the molecule is COC(=O)[C@@H]1C[C@H]2CCCC[C@@H]2N1Cc1nc(Cc2ccccc2)no1. The summed E-state index contributed by atoms with van der Waals surface area (Å²) in [6.45, 7) is 0.517. The van der Waals surface area contributed by atoms with Gasteiger partial charge in [0.15, 0.2) is 5.82 Å². The van der Waals surface area contributed by atoms with Gasteiger partial charge in [0.1, 0.15) is 6.04 Å². The van der Waals surface area contributed by atoms with Gasteiger partial charge in [0.05, 0.1) is 13.7 Å². The van der Waals surface area contributed by atoms with Crippen LogP contribution in [0.4, 0.5) is 0 Å². The third-order valence-corrected chi connectivity index (χ3v) is 5.73. The zero-order valence-corrected chi connectivity index (χ0v) is 15.1. The number of likely N-dealkylation sites (tertiary alicyclic amines) is 1. The molecule has 0 bridgehead atoms. The predicted octanol–water partition coefficient (Wildman–Crippen LogP) is 2.97. The molecule has 1 saturated carbocycles. The Kier molecular flexibility index (Phi) is 5.02. The van der Waals surface area contributed by atoms with Crippen molar-refractivity contribution in [2.45, 2.75) is 57.2 Å². The molecule has 1 saturated heterocycles. The topological polar surface area (TPSA) is 68.5 Å². The number of ether oxygens (including phenoxy) is 1. The average Bonchev–Trinajstić information content (AvgIpc) is 3.27. The molecule has 138 valence electrons.